The summed E-state index contributed by atoms with van der Waals surface area (Å²) in [5.41, 5.74) is 0.640. The van der Waals surface area contributed by atoms with Crippen LogP contribution in [0.25, 0.3) is 0 Å². The summed E-state index contributed by atoms with van der Waals surface area (Å²) < 4.78 is 1.10. The maximum Gasteiger partial charge on any atom is 0.317 e. The summed E-state index contributed by atoms with van der Waals surface area (Å²) >= 11 is 2.19. The number of urea groups is 1. The van der Waals surface area contributed by atoms with E-state index in [1.807, 2.05) is 12.1 Å². The number of hydrogen-bond acceptors (Lipinski definition) is 2. The first-order valence-electron chi connectivity index (χ1n) is 5.73. The molecule has 0 radical (unpaired) electrons. The second-order valence-electron chi connectivity index (χ2n) is 3.98. The number of amides is 3. The summed E-state index contributed by atoms with van der Waals surface area (Å²) in [7, 11) is 0. The minimum atomic E-state index is -0.106. The largest absolute Gasteiger partial charge is 0.350 e. The van der Waals surface area contributed by atoms with Crippen LogP contribution in [0, 0.1) is 3.57 Å². The van der Waals surface area contributed by atoms with Gasteiger partial charge in [-0.1, -0.05) is 0 Å². The highest BCUT2D eigenvalue weighted by molar-refractivity contribution is 14.1. The molecule has 18 heavy (non-hydrogen) atoms. The van der Waals surface area contributed by atoms with E-state index in [4.69, 9.17) is 0 Å². The lowest BCUT2D eigenvalue weighted by molar-refractivity contribution is 0.0950. The lowest BCUT2D eigenvalue weighted by Crippen LogP contribution is -2.36. The summed E-state index contributed by atoms with van der Waals surface area (Å²) in [6, 6.07) is 7.31. The van der Waals surface area contributed by atoms with Crippen molar-refractivity contribution < 1.29 is 9.59 Å². The Hall–Kier alpha value is -1.31. The lowest BCUT2D eigenvalue weighted by atomic mass is 10.2. The molecule has 1 saturated heterocycles. The Labute approximate surface area is 119 Å². The van der Waals surface area contributed by atoms with Gasteiger partial charge in [0.15, 0.2) is 0 Å². The van der Waals surface area contributed by atoms with Crippen molar-refractivity contribution >= 4 is 34.5 Å². The van der Waals surface area contributed by atoms with Gasteiger partial charge in [-0.15, -0.1) is 0 Å². The maximum atomic E-state index is 11.8. The average molecular weight is 359 g/mol. The normalized spacial score (nSPS) is 14.5. The third-order valence-corrected chi connectivity index (χ3v) is 3.44. The molecule has 1 aromatic carbocycles. The van der Waals surface area contributed by atoms with Crippen LogP contribution in [0.5, 0.6) is 0 Å². The van der Waals surface area contributed by atoms with E-state index in [2.05, 4.69) is 33.2 Å². The van der Waals surface area contributed by atoms with Crippen LogP contribution in [0.1, 0.15) is 10.4 Å². The van der Waals surface area contributed by atoms with Gasteiger partial charge in [-0.25, -0.2) is 4.79 Å². The van der Waals surface area contributed by atoms with Crippen molar-refractivity contribution in [3.63, 3.8) is 0 Å². The van der Waals surface area contributed by atoms with Crippen LogP contribution in [-0.2, 0) is 0 Å². The number of carbonyl (C=O) groups is 2. The van der Waals surface area contributed by atoms with Crippen LogP contribution in [0.3, 0.4) is 0 Å². The molecule has 0 unspecified atom stereocenters. The van der Waals surface area contributed by atoms with E-state index in [0.717, 1.165) is 3.57 Å². The number of nitrogens with one attached hydrogen (secondary N) is 2. The molecular formula is C12H14IN3O2. The first-order chi connectivity index (χ1) is 8.66. The zero-order chi connectivity index (χ0) is 13.0. The monoisotopic (exact) mass is 359 g/mol. The minimum Gasteiger partial charge on any atom is -0.350 e. The van der Waals surface area contributed by atoms with Crippen LogP contribution < -0.4 is 10.6 Å². The average Bonchev–Trinajstić information content (AvgIpc) is 2.76. The number of hydrogen-bond donors (Lipinski definition) is 2. The number of benzene rings is 1. The molecule has 0 aliphatic carbocycles. The number of rotatable bonds is 4. The Morgan fingerprint density at radius 2 is 2.11 bits per heavy atom. The molecule has 96 valence electrons. The van der Waals surface area contributed by atoms with Crippen LogP contribution in [0.4, 0.5) is 4.79 Å². The van der Waals surface area contributed by atoms with E-state index < -0.39 is 0 Å². The first-order valence-corrected chi connectivity index (χ1v) is 6.81. The Balaban J connectivity index is 1.78. The van der Waals surface area contributed by atoms with E-state index in [9.17, 15) is 9.59 Å². The van der Waals surface area contributed by atoms with Crippen molar-refractivity contribution in [2.75, 3.05) is 26.2 Å². The zero-order valence-corrected chi connectivity index (χ0v) is 11.9. The van der Waals surface area contributed by atoms with Crippen molar-refractivity contribution in [2.24, 2.45) is 0 Å². The van der Waals surface area contributed by atoms with Gasteiger partial charge in [0, 0.05) is 35.3 Å². The highest BCUT2D eigenvalue weighted by Gasteiger charge is 2.18. The van der Waals surface area contributed by atoms with Crippen molar-refractivity contribution in [1.29, 1.82) is 0 Å². The van der Waals surface area contributed by atoms with Gasteiger partial charge in [-0.2, -0.15) is 0 Å². The van der Waals surface area contributed by atoms with Crippen molar-refractivity contribution in [1.82, 2.24) is 15.5 Å². The third-order valence-electron chi connectivity index (χ3n) is 2.72. The molecule has 0 bridgehead atoms. The topological polar surface area (TPSA) is 61.4 Å². The molecule has 1 aromatic rings. The molecule has 2 N–H and O–H groups in total. The molecule has 0 saturated carbocycles. The Kier molecular flexibility index (Phi) is 4.40. The van der Waals surface area contributed by atoms with Crippen molar-refractivity contribution in [3.8, 4) is 0 Å². The van der Waals surface area contributed by atoms with Gasteiger partial charge in [0.05, 0.1) is 0 Å². The van der Waals surface area contributed by atoms with Gasteiger partial charge in [0.2, 0.25) is 0 Å². The van der Waals surface area contributed by atoms with Crippen LogP contribution >= 0.6 is 22.6 Å². The van der Waals surface area contributed by atoms with E-state index in [-0.39, 0.29) is 11.9 Å². The summed E-state index contributed by atoms with van der Waals surface area (Å²) in [5, 5.41) is 5.52. The fourth-order valence-corrected chi connectivity index (χ4v) is 2.09. The van der Waals surface area contributed by atoms with Gasteiger partial charge >= 0.3 is 6.03 Å². The molecular weight excluding hydrogens is 345 g/mol. The summed E-state index contributed by atoms with van der Waals surface area (Å²) in [5.74, 6) is -0.106. The molecule has 0 spiro atoms. The zero-order valence-electron chi connectivity index (χ0n) is 9.78. The van der Waals surface area contributed by atoms with E-state index >= 15 is 0 Å². The summed E-state index contributed by atoms with van der Waals surface area (Å²) in [4.78, 5) is 24.7. The molecule has 1 aliphatic rings. The highest BCUT2D eigenvalue weighted by atomic mass is 127. The molecule has 3 amide bonds. The second-order valence-corrected chi connectivity index (χ2v) is 5.23. The van der Waals surface area contributed by atoms with Crippen molar-refractivity contribution in [3.05, 3.63) is 33.4 Å². The van der Waals surface area contributed by atoms with Crippen LogP contribution in [0.15, 0.2) is 24.3 Å². The predicted molar refractivity (Wildman–Crippen MR) is 76.5 cm³/mol. The third kappa shape index (κ3) is 3.34. The second kappa shape index (κ2) is 6.03. The Morgan fingerprint density at radius 3 is 2.72 bits per heavy atom. The van der Waals surface area contributed by atoms with Gasteiger partial charge in [-0.05, 0) is 46.9 Å². The Bertz CT molecular complexity index is 447. The minimum absolute atomic E-state index is 0.0569. The molecule has 1 fully saturated rings. The molecule has 1 heterocycles. The fraction of sp³-hybridized carbons (Fsp3) is 0.333. The maximum absolute atomic E-state index is 11.8. The van der Waals surface area contributed by atoms with Crippen LogP contribution in [-0.4, -0.2) is 43.0 Å². The van der Waals surface area contributed by atoms with Gasteiger partial charge in [0.25, 0.3) is 5.91 Å². The van der Waals surface area contributed by atoms with Gasteiger partial charge in [-0.3, -0.25) is 4.79 Å². The van der Waals surface area contributed by atoms with Crippen molar-refractivity contribution in [2.45, 2.75) is 0 Å². The smallest absolute Gasteiger partial charge is 0.317 e. The number of carbonyl (C=O) groups excluding carboxylic acids is 2. The first kappa shape index (κ1) is 13.1. The molecule has 5 nitrogen and oxygen atoms in total. The van der Waals surface area contributed by atoms with E-state index in [1.165, 1.54) is 0 Å². The SMILES string of the molecule is O=C(NCCN1CCNC1=O)c1ccc(I)cc1. The van der Waals surface area contributed by atoms with Gasteiger partial charge in [0.1, 0.15) is 0 Å². The fourth-order valence-electron chi connectivity index (χ4n) is 1.73. The molecule has 0 atom stereocenters. The summed E-state index contributed by atoms with van der Waals surface area (Å²) in [6.45, 7) is 2.41. The number of nitrogens with zero attached hydrogens (tertiary/aromatic N) is 1. The summed E-state index contributed by atoms with van der Waals surface area (Å²) in [6.07, 6.45) is 0. The molecule has 1 aliphatic heterocycles. The molecule has 6 heteroatoms. The predicted octanol–water partition coefficient (Wildman–Crippen LogP) is 1.05. The van der Waals surface area contributed by atoms with E-state index in [0.29, 0.717) is 31.7 Å². The molecule has 2 rings (SSSR count). The molecule has 0 aromatic heterocycles. The van der Waals surface area contributed by atoms with Gasteiger partial charge < -0.3 is 15.5 Å². The highest BCUT2D eigenvalue weighted by Crippen LogP contribution is 2.06. The standard InChI is InChI=1S/C12H14IN3O2/c13-10-3-1-9(2-4-10)11(17)14-5-7-16-8-6-15-12(16)18/h1-4H,5-8H2,(H,14,17)(H,15,18). The number of halogens is 1. The lowest BCUT2D eigenvalue weighted by Gasteiger charge is -2.14. The quantitative estimate of drug-likeness (QED) is 0.790. The Morgan fingerprint density at radius 1 is 1.39 bits per heavy atom. The van der Waals surface area contributed by atoms with E-state index in [1.54, 1.807) is 17.0 Å². The van der Waals surface area contributed by atoms with Crippen LogP contribution in [0.2, 0.25) is 0 Å².